The van der Waals surface area contributed by atoms with Crippen LogP contribution in [0.4, 0.5) is 0 Å². The lowest BCUT2D eigenvalue weighted by Gasteiger charge is -2.12. The van der Waals surface area contributed by atoms with Crippen molar-refractivity contribution in [2.45, 2.75) is 25.9 Å². The monoisotopic (exact) mass is 255 g/mol. The SMILES string of the molecule is COc1cc(CNC2CC2C)cc(Cl)c1OC. The number of benzene rings is 1. The minimum absolute atomic E-state index is 0.590. The lowest BCUT2D eigenvalue weighted by Crippen LogP contribution is -2.17. The molecule has 0 aromatic heterocycles. The quantitative estimate of drug-likeness (QED) is 0.878. The first-order chi connectivity index (χ1) is 8.15. The molecule has 1 aromatic carbocycles. The van der Waals surface area contributed by atoms with Gasteiger partial charge in [0.25, 0.3) is 0 Å². The fourth-order valence-corrected chi connectivity index (χ4v) is 2.24. The second kappa shape index (κ2) is 5.15. The van der Waals surface area contributed by atoms with Gasteiger partial charge in [0, 0.05) is 12.6 Å². The van der Waals surface area contributed by atoms with Crippen molar-refractivity contribution in [3.05, 3.63) is 22.7 Å². The summed E-state index contributed by atoms with van der Waals surface area (Å²) in [4.78, 5) is 0. The molecule has 1 N–H and O–H groups in total. The highest BCUT2D eigenvalue weighted by Crippen LogP contribution is 2.36. The van der Waals surface area contributed by atoms with E-state index >= 15 is 0 Å². The van der Waals surface area contributed by atoms with E-state index in [2.05, 4.69) is 12.2 Å². The predicted molar refractivity (Wildman–Crippen MR) is 69.0 cm³/mol. The Morgan fingerprint density at radius 3 is 2.59 bits per heavy atom. The molecule has 0 radical (unpaired) electrons. The largest absolute Gasteiger partial charge is 0.493 e. The number of nitrogens with one attached hydrogen (secondary N) is 1. The molecule has 0 saturated heterocycles. The highest BCUT2D eigenvalue weighted by molar-refractivity contribution is 6.32. The molecular formula is C13H18ClNO2. The Kier molecular flexibility index (Phi) is 3.79. The van der Waals surface area contributed by atoms with Gasteiger partial charge in [0.05, 0.1) is 19.2 Å². The summed E-state index contributed by atoms with van der Waals surface area (Å²) in [5, 5.41) is 4.07. The molecule has 2 rings (SSSR count). The summed E-state index contributed by atoms with van der Waals surface area (Å²) in [7, 11) is 3.21. The first-order valence-electron chi connectivity index (χ1n) is 5.79. The van der Waals surface area contributed by atoms with Crippen LogP contribution in [0.3, 0.4) is 0 Å². The molecule has 0 spiro atoms. The third kappa shape index (κ3) is 2.85. The molecule has 2 unspecified atom stereocenters. The Bertz CT molecular complexity index is 409. The lowest BCUT2D eigenvalue weighted by molar-refractivity contribution is 0.354. The Morgan fingerprint density at radius 2 is 2.06 bits per heavy atom. The van der Waals surface area contributed by atoms with Crippen LogP contribution in [0.2, 0.25) is 5.02 Å². The molecule has 0 heterocycles. The zero-order valence-corrected chi connectivity index (χ0v) is 11.2. The van der Waals surface area contributed by atoms with Crippen LogP contribution in [-0.2, 0) is 6.54 Å². The maximum Gasteiger partial charge on any atom is 0.179 e. The predicted octanol–water partition coefficient (Wildman–Crippen LogP) is 2.86. The van der Waals surface area contributed by atoms with Crippen molar-refractivity contribution in [3.8, 4) is 11.5 Å². The Morgan fingerprint density at radius 1 is 1.35 bits per heavy atom. The molecule has 1 aliphatic rings. The van der Waals surface area contributed by atoms with Crippen LogP contribution in [-0.4, -0.2) is 20.3 Å². The molecule has 4 heteroatoms. The molecule has 0 amide bonds. The number of methoxy groups -OCH3 is 2. The van der Waals surface area contributed by atoms with Gasteiger partial charge in [-0.15, -0.1) is 0 Å². The fraction of sp³-hybridized carbons (Fsp3) is 0.538. The maximum absolute atomic E-state index is 6.14. The van der Waals surface area contributed by atoms with E-state index in [4.69, 9.17) is 21.1 Å². The van der Waals surface area contributed by atoms with Crippen molar-refractivity contribution in [1.29, 1.82) is 0 Å². The number of ether oxygens (including phenoxy) is 2. The van der Waals surface area contributed by atoms with Crippen molar-refractivity contribution in [2.24, 2.45) is 5.92 Å². The molecule has 0 bridgehead atoms. The van der Waals surface area contributed by atoms with E-state index in [1.807, 2.05) is 12.1 Å². The van der Waals surface area contributed by atoms with Gasteiger partial charge < -0.3 is 14.8 Å². The van der Waals surface area contributed by atoms with Crippen LogP contribution in [0.25, 0.3) is 0 Å². The highest BCUT2D eigenvalue weighted by Gasteiger charge is 2.31. The van der Waals surface area contributed by atoms with E-state index in [1.165, 1.54) is 6.42 Å². The third-order valence-corrected chi connectivity index (χ3v) is 3.45. The van der Waals surface area contributed by atoms with Crippen LogP contribution in [0.5, 0.6) is 11.5 Å². The van der Waals surface area contributed by atoms with Gasteiger partial charge in [0.2, 0.25) is 0 Å². The summed E-state index contributed by atoms with van der Waals surface area (Å²) >= 11 is 6.14. The van der Waals surface area contributed by atoms with Gasteiger partial charge in [-0.05, 0) is 30.0 Å². The smallest absolute Gasteiger partial charge is 0.179 e. The van der Waals surface area contributed by atoms with E-state index in [-0.39, 0.29) is 0 Å². The van der Waals surface area contributed by atoms with Crippen molar-refractivity contribution in [3.63, 3.8) is 0 Å². The average Bonchev–Trinajstić information content (AvgIpc) is 3.02. The topological polar surface area (TPSA) is 30.5 Å². The van der Waals surface area contributed by atoms with Crippen molar-refractivity contribution < 1.29 is 9.47 Å². The molecule has 1 saturated carbocycles. The van der Waals surface area contributed by atoms with Crippen LogP contribution in [0.15, 0.2) is 12.1 Å². The molecule has 1 fully saturated rings. The van der Waals surface area contributed by atoms with Gasteiger partial charge in [-0.25, -0.2) is 0 Å². The van der Waals surface area contributed by atoms with Gasteiger partial charge in [-0.1, -0.05) is 18.5 Å². The number of halogens is 1. The second-order valence-electron chi connectivity index (χ2n) is 4.51. The first kappa shape index (κ1) is 12.5. The highest BCUT2D eigenvalue weighted by atomic mass is 35.5. The van der Waals surface area contributed by atoms with Crippen LogP contribution in [0.1, 0.15) is 18.9 Å². The molecular weight excluding hydrogens is 238 g/mol. The van der Waals surface area contributed by atoms with Gasteiger partial charge in [0.15, 0.2) is 11.5 Å². The summed E-state index contributed by atoms with van der Waals surface area (Å²) < 4.78 is 10.5. The normalized spacial score (nSPS) is 22.4. The van der Waals surface area contributed by atoms with Crippen molar-refractivity contribution in [1.82, 2.24) is 5.32 Å². The van der Waals surface area contributed by atoms with Gasteiger partial charge >= 0.3 is 0 Å². The summed E-state index contributed by atoms with van der Waals surface area (Å²) in [6, 6.07) is 4.54. The minimum atomic E-state index is 0.590. The summed E-state index contributed by atoms with van der Waals surface area (Å²) in [6.07, 6.45) is 1.26. The minimum Gasteiger partial charge on any atom is -0.493 e. The van der Waals surface area contributed by atoms with Gasteiger partial charge in [0.1, 0.15) is 0 Å². The molecule has 1 aliphatic carbocycles. The number of hydrogen-bond acceptors (Lipinski definition) is 3. The zero-order chi connectivity index (χ0) is 12.4. The van der Waals surface area contributed by atoms with Gasteiger partial charge in [-0.2, -0.15) is 0 Å². The Labute approximate surface area is 107 Å². The fourth-order valence-electron chi connectivity index (χ4n) is 1.93. The molecule has 94 valence electrons. The van der Waals surface area contributed by atoms with E-state index in [0.717, 1.165) is 18.0 Å². The first-order valence-corrected chi connectivity index (χ1v) is 6.17. The van der Waals surface area contributed by atoms with Crippen LogP contribution in [0, 0.1) is 5.92 Å². The average molecular weight is 256 g/mol. The number of hydrogen-bond donors (Lipinski definition) is 1. The zero-order valence-electron chi connectivity index (χ0n) is 10.4. The van der Waals surface area contributed by atoms with Crippen LogP contribution < -0.4 is 14.8 Å². The third-order valence-electron chi connectivity index (χ3n) is 3.17. The summed E-state index contributed by atoms with van der Waals surface area (Å²) in [5.41, 5.74) is 1.12. The van der Waals surface area contributed by atoms with E-state index in [1.54, 1.807) is 14.2 Å². The van der Waals surface area contributed by atoms with Gasteiger partial charge in [-0.3, -0.25) is 0 Å². The standard InChI is InChI=1S/C13H18ClNO2/c1-8-4-11(8)15-7-9-5-10(14)13(17-3)12(6-9)16-2/h5-6,8,11,15H,4,7H2,1-3H3. The molecule has 3 nitrogen and oxygen atoms in total. The van der Waals surface area contributed by atoms with Crippen molar-refractivity contribution in [2.75, 3.05) is 14.2 Å². The van der Waals surface area contributed by atoms with E-state index < -0.39 is 0 Å². The second-order valence-corrected chi connectivity index (χ2v) is 4.92. The molecule has 17 heavy (non-hydrogen) atoms. The maximum atomic E-state index is 6.14. The Hall–Kier alpha value is -0.930. The molecule has 2 atom stereocenters. The number of rotatable bonds is 5. The van der Waals surface area contributed by atoms with Crippen LogP contribution >= 0.6 is 11.6 Å². The van der Waals surface area contributed by atoms with E-state index in [9.17, 15) is 0 Å². The molecule has 0 aliphatic heterocycles. The Balaban J connectivity index is 2.09. The summed E-state index contributed by atoms with van der Waals surface area (Å²) in [6.45, 7) is 3.06. The molecule has 1 aromatic rings. The van der Waals surface area contributed by atoms with E-state index in [0.29, 0.717) is 22.6 Å². The van der Waals surface area contributed by atoms with Crippen molar-refractivity contribution >= 4 is 11.6 Å². The summed E-state index contributed by atoms with van der Waals surface area (Å²) in [5.74, 6) is 2.07. The lowest BCUT2D eigenvalue weighted by atomic mass is 10.2.